The third-order valence-electron chi connectivity index (χ3n) is 3.57. The molecule has 0 spiro atoms. The third-order valence-corrected chi connectivity index (χ3v) is 4.06. The van der Waals surface area contributed by atoms with Crippen molar-refractivity contribution in [3.8, 4) is 0 Å². The van der Waals surface area contributed by atoms with Crippen molar-refractivity contribution in [3.63, 3.8) is 0 Å². The van der Waals surface area contributed by atoms with Crippen LogP contribution < -0.4 is 11.1 Å². The number of amides is 1. The molecule has 1 amide bonds. The molecule has 3 nitrogen and oxygen atoms in total. The minimum atomic E-state index is -0.300. The van der Waals surface area contributed by atoms with E-state index in [0.717, 1.165) is 22.9 Å². The lowest BCUT2D eigenvalue weighted by molar-refractivity contribution is 0.0894. The number of carbonyl (C=O) groups is 1. The van der Waals surface area contributed by atoms with Gasteiger partial charge in [-0.05, 0) is 37.5 Å². The topological polar surface area (TPSA) is 55.1 Å². The van der Waals surface area contributed by atoms with Crippen molar-refractivity contribution in [2.45, 2.75) is 39.2 Å². The van der Waals surface area contributed by atoms with Crippen LogP contribution in [0.2, 0.25) is 0 Å². The lowest BCUT2D eigenvalue weighted by atomic mass is 9.92. The van der Waals surface area contributed by atoms with Crippen molar-refractivity contribution < 1.29 is 4.79 Å². The Morgan fingerprint density at radius 3 is 2.50 bits per heavy atom. The summed E-state index contributed by atoms with van der Waals surface area (Å²) in [4.78, 5) is 12.3. The van der Waals surface area contributed by atoms with Crippen molar-refractivity contribution in [1.82, 2.24) is 5.32 Å². The van der Waals surface area contributed by atoms with E-state index in [4.69, 9.17) is 5.73 Å². The van der Waals surface area contributed by atoms with Crippen molar-refractivity contribution >= 4 is 21.8 Å². The standard InChI is InChI=1S/C14H21BrN2O/c1-4-14(5-2,9-16)17-13(18)12-8-11(15)7-6-10(12)3/h6-8H,4-5,9,16H2,1-3H3,(H,17,18). The third kappa shape index (κ3) is 3.33. The van der Waals surface area contributed by atoms with Gasteiger partial charge in [-0.1, -0.05) is 35.8 Å². The van der Waals surface area contributed by atoms with Crippen LogP contribution in [-0.2, 0) is 0 Å². The van der Waals surface area contributed by atoms with Gasteiger partial charge in [0.15, 0.2) is 0 Å². The monoisotopic (exact) mass is 312 g/mol. The normalized spacial score (nSPS) is 11.4. The molecular formula is C14H21BrN2O. The SMILES string of the molecule is CCC(CC)(CN)NC(=O)c1cc(Br)ccc1C. The molecule has 1 aromatic carbocycles. The molecule has 0 atom stereocenters. The smallest absolute Gasteiger partial charge is 0.252 e. The molecule has 0 unspecified atom stereocenters. The van der Waals surface area contributed by atoms with Crippen LogP contribution in [0.3, 0.4) is 0 Å². The first-order valence-corrected chi connectivity index (χ1v) is 7.06. The Morgan fingerprint density at radius 2 is 2.00 bits per heavy atom. The number of rotatable bonds is 5. The van der Waals surface area contributed by atoms with E-state index in [0.29, 0.717) is 12.1 Å². The van der Waals surface area contributed by atoms with Gasteiger partial charge in [-0.25, -0.2) is 0 Å². The van der Waals surface area contributed by atoms with Crippen LogP contribution >= 0.6 is 15.9 Å². The van der Waals surface area contributed by atoms with E-state index in [9.17, 15) is 4.79 Å². The molecule has 0 saturated heterocycles. The summed E-state index contributed by atoms with van der Waals surface area (Å²) in [6, 6.07) is 5.71. The summed E-state index contributed by atoms with van der Waals surface area (Å²) in [5, 5.41) is 3.08. The summed E-state index contributed by atoms with van der Waals surface area (Å²) < 4.78 is 0.907. The minimum absolute atomic E-state index is 0.0528. The largest absolute Gasteiger partial charge is 0.345 e. The second kappa shape index (κ2) is 6.34. The summed E-state index contributed by atoms with van der Waals surface area (Å²) in [6.45, 7) is 6.48. The summed E-state index contributed by atoms with van der Waals surface area (Å²) in [7, 11) is 0. The zero-order valence-corrected chi connectivity index (χ0v) is 12.8. The molecule has 100 valence electrons. The van der Waals surface area contributed by atoms with Crippen molar-refractivity contribution in [1.29, 1.82) is 0 Å². The van der Waals surface area contributed by atoms with Gasteiger partial charge in [-0.2, -0.15) is 0 Å². The van der Waals surface area contributed by atoms with Gasteiger partial charge in [-0.3, -0.25) is 4.79 Å². The molecule has 4 heteroatoms. The van der Waals surface area contributed by atoms with Crippen LogP contribution in [0, 0.1) is 6.92 Å². The molecule has 1 rings (SSSR count). The van der Waals surface area contributed by atoms with Crippen molar-refractivity contribution in [2.75, 3.05) is 6.54 Å². The number of benzene rings is 1. The molecule has 0 radical (unpaired) electrons. The highest BCUT2D eigenvalue weighted by molar-refractivity contribution is 9.10. The molecule has 0 aliphatic carbocycles. The van der Waals surface area contributed by atoms with Gasteiger partial charge in [-0.15, -0.1) is 0 Å². The van der Waals surface area contributed by atoms with E-state index in [-0.39, 0.29) is 11.4 Å². The fourth-order valence-corrected chi connectivity index (χ4v) is 2.27. The first kappa shape index (κ1) is 15.2. The van der Waals surface area contributed by atoms with Crippen LogP contribution in [-0.4, -0.2) is 18.0 Å². The summed E-state index contributed by atoms with van der Waals surface area (Å²) in [5.41, 5.74) is 7.16. The second-order valence-electron chi connectivity index (χ2n) is 4.60. The van der Waals surface area contributed by atoms with Crippen molar-refractivity contribution in [2.24, 2.45) is 5.73 Å². The number of nitrogens with two attached hydrogens (primary N) is 1. The van der Waals surface area contributed by atoms with E-state index >= 15 is 0 Å². The zero-order valence-electron chi connectivity index (χ0n) is 11.2. The number of hydrogen-bond acceptors (Lipinski definition) is 2. The number of carbonyl (C=O) groups excluding carboxylic acids is 1. The molecule has 0 heterocycles. The Bertz CT molecular complexity index is 420. The highest BCUT2D eigenvalue weighted by Gasteiger charge is 2.27. The van der Waals surface area contributed by atoms with E-state index in [1.54, 1.807) is 0 Å². The van der Waals surface area contributed by atoms with Gasteiger partial charge in [0.25, 0.3) is 5.91 Å². The predicted molar refractivity (Wildman–Crippen MR) is 78.7 cm³/mol. The average molecular weight is 313 g/mol. The molecule has 1 aromatic rings. The van der Waals surface area contributed by atoms with Gasteiger partial charge >= 0.3 is 0 Å². The molecule has 0 fully saturated rings. The van der Waals surface area contributed by atoms with E-state index in [2.05, 4.69) is 21.2 Å². The first-order valence-electron chi connectivity index (χ1n) is 6.26. The predicted octanol–water partition coefficient (Wildman–Crippen LogP) is 3.00. The van der Waals surface area contributed by atoms with Gasteiger partial charge in [0.05, 0.1) is 5.54 Å². The lowest BCUT2D eigenvalue weighted by Crippen LogP contribution is -2.53. The Kier molecular flexibility index (Phi) is 5.35. The maximum atomic E-state index is 12.3. The zero-order chi connectivity index (χ0) is 13.8. The Morgan fingerprint density at radius 1 is 1.39 bits per heavy atom. The number of aryl methyl sites for hydroxylation is 1. The highest BCUT2D eigenvalue weighted by Crippen LogP contribution is 2.19. The van der Waals surface area contributed by atoms with E-state index in [1.165, 1.54) is 0 Å². The second-order valence-corrected chi connectivity index (χ2v) is 5.52. The summed E-state index contributed by atoms with van der Waals surface area (Å²) in [5.74, 6) is -0.0528. The number of nitrogens with one attached hydrogen (secondary N) is 1. The van der Waals surface area contributed by atoms with Gasteiger partial charge in [0.2, 0.25) is 0 Å². The van der Waals surface area contributed by atoms with Crippen LogP contribution in [0.25, 0.3) is 0 Å². The molecule has 0 aromatic heterocycles. The van der Waals surface area contributed by atoms with Crippen molar-refractivity contribution in [3.05, 3.63) is 33.8 Å². The quantitative estimate of drug-likeness (QED) is 0.878. The molecular weight excluding hydrogens is 292 g/mol. The molecule has 3 N–H and O–H groups in total. The average Bonchev–Trinajstić information content (AvgIpc) is 2.38. The minimum Gasteiger partial charge on any atom is -0.345 e. The Labute approximate surface area is 117 Å². The fourth-order valence-electron chi connectivity index (χ4n) is 1.91. The maximum absolute atomic E-state index is 12.3. The first-order chi connectivity index (χ1) is 8.48. The summed E-state index contributed by atoms with van der Waals surface area (Å²) >= 11 is 3.39. The van der Waals surface area contributed by atoms with Gasteiger partial charge in [0.1, 0.15) is 0 Å². The Balaban J connectivity index is 2.97. The van der Waals surface area contributed by atoms with Crippen LogP contribution in [0.5, 0.6) is 0 Å². The lowest BCUT2D eigenvalue weighted by Gasteiger charge is -2.31. The maximum Gasteiger partial charge on any atom is 0.252 e. The van der Waals surface area contributed by atoms with E-state index in [1.807, 2.05) is 39.0 Å². The van der Waals surface area contributed by atoms with Crippen LogP contribution in [0.1, 0.15) is 42.6 Å². The molecule has 0 aliphatic heterocycles. The number of halogens is 1. The summed E-state index contributed by atoms with van der Waals surface area (Å²) in [6.07, 6.45) is 1.66. The fraction of sp³-hybridized carbons (Fsp3) is 0.500. The van der Waals surface area contributed by atoms with Gasteiger partial charge < -0.3 is 11.1 Å². The molecule has 18 heavy (non-hydrogen) atoms. The van der Waals surface area contributed by atoms with Crippen LogP contribution in [0.4, 0.5) is 0 Å². The molecule has 0 saturated carbocycles. The van der Waals surface area contributed by atoms with E-state index < -0.39 is 0 Å². The van der Waals surface area contributed by atoms with Gasteiger partial charge in [0, 0.05) is 16.6 Å². The Hall–Kier alpha value is -0.870. The van der Waals surface area contributed by atoms with Crippen LogP contribution in [0.15, 0.2) is 22.7 Å². The molecule has 0 aliphatic rings. The number of hydrogen-bond donors (Lipinski definition) is 2. The highest BCUT2D eigenvalue weighted by atomic mass is 79.9. The molecule has 0 bridgehead atoms.